The number of Topliss-reactive ketones (excluding diaryl/α,β-unsaturated/α-hetero) is 1. The van der Waals surface area contributed by atoms with Gasteiger partial charge in [0.05, 0.1) is 11.1 Å². The number of halogens is 2. The number of allylic oxidation sites excluding steroid dienone is 1. The van der Waals surface area contributed by atoms with Crippen LogP contribution in [0.4, 0.5) is 9.18 Å². The molecule has 1 aromatic carbocycles. The fourth-order valence-electron chi connectivity index (χ4n) is 3.79. The molecule has 0 spiro atoms. The van der Waals surface area contributed by atoms with Gasteiger partial charge in [0.1, 0.15) is 17.5 Å². The SMILES string of the molecule is C=CCCCCCO[C@@H]1CCN(C(=O)OC(C)(C)C)[C@@H]1C(=O)CCc1cccc(Cl)c1F. The maximum absolute atomic E-state index is 14.2. The second kappa shape index (κ2) is 12.4. The lowest BCUT2D eigenvalue weighted by atomic mass is 10.00. The molecule has 1 saturated heterocycles. The number of amides is 1. The topological polar surface area (TPSA) is 55.8 Å². The first-order valence-electron chi connectivity index (χ1n) is 11.3. The molecule has 7 heteroatoms. The van der Waals surface area contributed by atoms with Crippen molar-refractivity contribution in [2.45, 2.75) is 83.5 Å². The van der Waals surface area contributed by atoms with Gasteiger partial charge in [-0.3, -0.25) is 9.69 Å². The number of likely N-dealkylation sites (tertiary alicyclic amines) is 1. The normalized spacial score (nSPS) is 18.6. The molecule has 0 unspecified atom stereocenters. The Balaban J connectivity index is 2.05. The highest BCUT2D eigenvalue weighted by atomic mass is 35.5. The third kappa shape index (κ3) is 7.89. The van der Waals surface area contributed by atoms with Gasteiger partial charge < -0.3 is 9.47 Å². The standard InChI is InChI=1S/C25H35ClFNO4/c1-5-6-7-8-9-17-31-21-15-16-28(24(30)32-25(2,3)4)23(21)20(29)14-13-18-11-10-12-19(26)22(18)27/h5,10-12,21,23H,1,6-9,13-17H2,2-4H3/t21-,23-/m1/s1. The van der Waals surface area contributed by atoms with E-state index in [9.17, 15) is 14.0 Å². The zero-order valence-electron chi connectivity index (χ0n) is 19.4. The van der Waals surface area contributed by atoms with Crippen LogP contribution in [-0.2, 0) is 20.7 Å². The minimum absolute atomic E-state index is 0.0314. The Morgan fingerprint density at radius 2 is 2.03 bits per heavy atom. The van der Waals surface area contributed by atoms with Crippen LogP contribution < -0.4 is 0 Å². The Morgan fingerprint density at radius 3 is 2.72 bits per heavy atom. The van der Waals surface area contributed by atoms with E-state index in [1.807, 2.05) is 6.08 Å². The fraction of sp³-hybridized carbons (Fsp3) is 0.600. The van der Waals surface area contributed by atoms with Crippen molar-refractivity contribution < 1.29 is 23.5 Å². The first kappa shape index (κ1) is 26.3. The number of benzene rings is 1. The highest BCUT2D eigenvalue weighted by molar-refractivity contribution is 6.30. The maximum atomic E-state index is 14.2. The van der Waals surface area contributed by atoms with E-state index >= 15 is 0 Å². The molecule has 0 aliphatic carbocycles. The summed E-state index contributed by atoms with van der Waals surface area (Å²) in [5.41, 5.74) is -0.286. The van der Waals surface area contributed by atoms with E-state index in [4.69, 9.17) is 21.1 Å². The molecule has 1 amide bonds. The van der Waals surface area contributed by atoms with Gasteiger partial charge in [0.15, 0.2) is 5.78 Å². The van der Waals surface area contributed by atoms with Gasteiger partial charge >= 0.3 is 6.09 Å². The number of rotatable bonds is 11. The number of ether oxygens (including phenoxy) is 2. The molecule has 32 heavy (non-hydrogen) atoms. The van der Waals surface area contributed by atoms with Crippen molar-refractivity contribution in [1.29, 1.82) is 0 Å². The molecule has 1 aliphatic heterocycles. The van der Waals surface area contributed by atoms with Crippen molar-refractivity contribution in [1.82, 2.24) is 4.90 Å². The van der Waals surface area contributed by atoms with Crippen molar-refractivity contribution in [3.63, 3.8) is 0 Å². The molecule has 0 bridgehead atoms. The van der Waals surface area contributed by atoms with Crippen molar-refractivity contribution in [2.24, 2.45) is 0 Å². The number of carbonyl (C=O) groups is 2. The predicted molar refractivity (Wildman–Crippen MR) is 124 cm³/mol. The lowest BCUT2D eigenvalue weighted by Gasteiger charge is -2.30. The van der Waals surface area contributed by atoms with Crippen molar-refractivity contribution in [3.05, 3.63) is 47.3 Å². The van der Waals surface area contributed by atoms with Crippen LogP contribution in [0.25, 0.3) is 0 Å². The Kier molecular flexibility index (Phi) is 10.2. The van der Waals surface area contributed by atoms with Crippen molar-refractivity contribution in [2.75, 3.05) is 13.2 Å². The average Bonchev–Trinajstić information content (AvgIpc) is 3.14. The summed E-state index contributed by atoms with van der Waals surface area (Å²) in [6.45, 7) is 10.00. The van der Waals surface area contributed by atoms with Gasteiger partial charge in [-0.05, 0) is 64.5 Å². The van der Waals surface area contributed by atoms with E-state index in [-0.39, 0.29) is 23.6 Å². The number of hydrogen-bond donors (Lipinski definition) is 0. The van der Waals surface area contributed by atoms with E-state index in [2.05, 4.69) is 6.58 Å². The summed E-state index contributed by atoms with van der Waals surface area (Å²) in [7, 11) is 0. The van der Waals surface area contributed by atoms with Gasteiger partial charge in [0.25, 0.3) is 0 Å². The molecule has 0 N–H and O–H groups in total. The van der Waals surface area contributed by atoms with Gasteiger partial charge in [-0.2, -0.15) is 0 Å². The van der Waals surface area contributed by atoms with Gasteiger partial charge in [-0.15, -0.1) is 6.58 Å². The van der Waals surface area contributed by atoms with Gasteiger partial charge in [-0.25, -0.2) is 9.18 Å². The Labute approximate surface area is 195 Å². The van der Waals surface area contributed by atoms with Crippen molar-refractivity contribution >= 4 is 23.5 Å². The van der Waals surface area contributed by atoms with Crippen LogP contribution in [-0.4, -0.2) is 47.7 Å². The summed E-state index contributed by atoms with van der Waals surface area (Å²) in [5.74, 6) is -0.672. The molecule has 1 heterocycles. The maximum Gasteiger partial charge on any atom is 0.410 e. The monoisotopic (exact) mass is 467 g/mol. The van der Waals surface area contributed by atoms with Gasteiger partial charge in [-0.1, -0.05) is 36.2 Å². The lowest BCUT2D eigenvalue weighted by Crippen LogP contribution is -2.47. The zero-order valence-corrected chi connectivity index (χ0v) is 20.1. The average molecular weight is 468 g/mol. The fourth-order valence-corrected chi connectivity index (χ4v) is 3.99. The number of nitrogens with zero attached hydrogens (tertiary/aromatic N) is 1. The molecule has 0 radical (unpaired) electrons. The minimum Gasteiger partial charge on any atom is -0.444 e. The highest BCUT2D eigenvalue weighted by Gasteiger charge is 2.43. The smallest absolute Gasteiger partial charge is 0.410 e. The van der Waals surface area contributed by atoms with Crippen LogP contribution in [0.3, 0.4) is 0 Å². The van der Waals surface area contributed by atoms with Crippen LogP contribution >= 0.6 is 11.6 Å². The zero-order chi connectivity index (χ0) is 23.7. The number of ketones is 1. The lowest BCUT2D eigenvalue weighted by molar-refractivity contribution is -0.127. The van der Waals surface area contributed by atoms with Crippen LogP contribution in [0.5, 0.6) is 0 Å². The van der Waals surface area contributed by atoms with Crippen LogP contribution in [0, 0.1) is 5.82 Å². The summed E-state index contributed by atoms with van der Waals surface area (Å²) in [5, 5.41) is 0.0314. The van der Waals surface area contributed by atoms with E-state index in [0.717, 1.165) is 25.7 Å². The molecule has 5 nitrogen and oxygen atoms in total. The van der Waals surface area contributed by atoms with E-state index in [1.54, 1.807) is 32.9 Å². The molecule has 2 atom stereocenters. The number of unbranched alkanes of at least 4 members (excludes halogenated alkanes) is 3. The third-order valence-corrected chi connectivity index (χ3v) is 5.65. The molecule has 178 valence electrons. The molecule has 0 saturated carbocycles. The first-order chi connectivity index (χ1) is 15.1. The summed E-state index contributed by atoms with van der Waals surface area (Å²) in [6, 6.07) is 4.01. The molecular formula is C25H35ClFNO4. The number of aryl methyl sites for hydroxylation is 1. The van der Waals surface area contributed by atoms with E-state index in [1.165, 1.54) is 11.0 Å². The molecule has 2 rings (SSSR count). The van der Waals surface area contributed by atoms with Crippen LogP contribution in [0.2, 0.25) is 5.02 Å². The van der Waals surface area contributed by atoms with Gasteiger partial charge in [0, 0.05) is 19.6 Å². The minimum atomic E-state index is -0.736. The second-order valence-corrected chi connectivity index (χ2v) is 9.54. The Morgan fingerprint density at radius 1 is 1.28 bits per heavy atom. The summed E-state index contributed by atoms with van der Waals surface area (Å²) < 4.78 is 25.8. The molecule has 1 fully saturated rings. The third-order valence-electron chi connectivity index (χ3n) is 5.36. The largest absolute Gasteiger partial charge is 0.444 e. The molecular weight excluding hydrogens is 433 g/mol. The number of hydrogen-bond acceptors (Lipinski definition) is 4. The molecule has 1 aliphatic rings. The van der Waals surface area contributed by atoms with Crippen LogP contribution in [0.1, 0.15) is 64.9 Å². The van der Waals surface area contributed by atoms with Gasteiger partial charge in [0.2, 0.25) is 0 Å². The van der Waals surface area contributed by atoms with Crippen molar-refractivity contribution in [3.8, 4) is 0 Å². The number of carbonyl (C=O) groups excluding carboxylic acids is 2. The second-order valence-electron chi connectivity index (χ2n) is 9.13. The van der Waals surface area contributed by atoms with E-state index < -0.39 is 29.7 Å². The summed E-state index contributed by atoms with van der Waals surface area (Å²) >= 11 is 5.85. The summed E-state index contributed by atoms with van der Waals surface area (Å²) in [6.07, 6.45) is 5.75. The quantitative estimate of drug-likeness (QED) is 0.290. The Hall–Kier alpha value is -1.92. The molecule has 0 aromatic heterocycles. The first-order valence-corrected chi connectivity index (χ1v) is 11.7. The Bertz CT molecular complexity index is 793. The highest BCUT2D eigenvalue weighted by Crippen LogP contribution is 2.27. The van der Waals surface area contributed by atoms with Crippen LogP contribution in [0.15, 0.2) is 30.9 Å². The summed E-state index contributed by atoms with van der Waals surface area (Å²) in [4.78, 5) is 27.4. The predicted octanol–water partition coefficient (Wildman–Crippen LogP) is 6.12. The van der Waals surface area contributed by atoms with E-state index in [0.29, 0.717) is 25.1 Å². The molecule has 1 aromatic rings.